The molecule has 0 saturated carbocycles. The van der Waals surface area contributed by atoms with Gasteiger partial charge in [-0.1, -0.05) is 47.1 Å². The van der Waals surface area contributed by atoms with Crippen molar-refractivity contribution in [2.24, 2.45) is 0 Å². The zero-order valence-electron chi connectivity index (χ0n) is 14.5. The maximum Gasteiger partial charge on any atom is 0.277 e. The molecule has 1 heterocycles. The minimum Gasteiger partial charge on any atom is -0.479 e. The van der Waals surface area contributed by atoms with Crippen LogP contribution in [0, 0.1) is 5.82 Å². The summed E-state index contributed by atoms with van der Waals surface area (Å²) in [6.45, 7) is 1.72. The van der Waals surface area contributed by atoms with E-state index in [1.54, 1.807) is 37.3 Å². The van der Waals surface area contributed by atoms with Gasteiger partial charge in [0.05, 0.1) is 16.5 Å². The highest BCUT2D eigenvalue weighted by Gasteiger charge is 2.18. The number of nitrogens with zero attached hydrogens (tertiary/aromatic N) is 2. The molecule has 3 aromatic rings. The monoisotopic (exact) mass is 441 g/mol. The van der Waals surface area contributed by atoms with Crippen LogP contribution in [0.2, 0.25) is 10.0 Å². The first-order valence-electron chi connectivity index (χ1n) is 8.04. The van der Waals surface area contributed by atoms with Crippen LogP contribution in [-0.4, -0.2) is 21.9 Å². The van der Waals surface area contributed by atoms with Gasteiger partial charge in [0.2, 0.25) is 5.91 Å². The van der Waals surface area contributed by atoms with E-state index in [1.807, 2.05) is 0 Å². The van der Waals surface area contributed by atoms with Crippen LogP contribution in [0.15, 0.2) is 52.1 Å². The molecular weight excluding hydrogens is 428 g/mol. The van der Waals surface area contributed by atoms with Crippen LogP contribution in [-0.2, 0) is 4.79 Å². The Hall–Kier alpha value is -2.29. The van der Waals surface area contributed by atoms with Crippen molar-refractivity contribution in [2.45, 2.75) is 18.3 Å². The van der Waals surface area contributed by atoms with Crippen LogP contribution in [0.5, 0.6) is 5.75 Å². The molecule has 28 heavy (non-hydrogen) atoms. The lowest BCUT2D eigenvalue weighted by molar-refractivity contribution is -0.113. The maximum absolute atomic E-state index is 13.5. The third kappa shape index (κ3) is 5.37. The number of thioether (sulfide) groups is 1. The molecule has 1 aromatic heterocycles. The summed E-state index contributed by atoms with van der Waals surface area (Å²) in [4.78, 5) is 11.9. The number of anilines is 1. The van der Waals surface area contributed by atoms with Gasteiger partial charge in [0.25, 0.3) is 11.1 Å². The van der Waals surface area contributed by atoms with Gasteiger partial charge in [0.1, 0.15) is 11.6 Å². The van der Waals surface area contributed by atoms with Crippen LogP contribution < -0.4 is 10.1 Å². The minimum atomic E-state index is -0.562. The van der Waals surface area contributed by atoms with Crippen molar-refractivity contribution in [3.63, 3.8) is 0 Å². The summed E-state index contributed by atoms with van der Waals surface area (Å²) in [7, 11) is 0. The number of aromatic nitrogens is 2. The van der Waals surface area contributed by atoms with E-state index in [9.17, 15) is 9.18 Å². The highest BCUT2D eigenvalue weighted by Crippen LogP contribution is 2.31. The van der Waals surface area contributed by atoms with Crippen molar-refractivity contribution in [1.82, 2.24) is 10.2 Å². The predicted molar refractivity (Wildman–Crippen MR) is 106 cm³/mol. The summed E-state index contributed by atoms with van der Waals surface area (Å²) < 4.78 is 24.7. The maximum atomic E-state index is 13.5. The van der Waals surface area contributed by atoms with Gasteiger partial charge in [0.15, 0.2) is 6.10 Å². The molecule has 1 N–H and O–H groups in total. The molecule has 146 valence electrons. The largest absolute Gasteiger partial charge is 0.479 e. The van der Waals surface area contributed by atoms with Crippen molar-refractivity contribution in [2.75, 3.05) is 11.1 Å². The first-order valence-corrected chi connectivity index (χ1v) is 9.79. The summed E-state index contributed by atoms with van der Waals surface area (Å²) in [6, 6.07) is 10.8. The van der Waals surface area contributed by atoms with Crippen molar-refractivity contribution in [3.05, 3.63) is 64.2 Å². The number of hydrogen-bond donors (Lipinski definition) is 1. The Kier molecular flexibility index (Phi) is 6.77. The molecule has 6 nitrogen and oxygen atoms in total. The van der Waals surface area contributed by atoms with Gasteiger partial charge >= 0.3 is 0 Å². The summed E-state index contributed by atoms with van der Waals surface area (Å²) in [6.07, 6.45) is -0.562. The van der Waals surface area contributed by atoms with Crippen LogP contribution in [0.4, 0.5) is 10.1 Å². The average molecular weight is 442 g/mol. The molecule has 1 amide bonds. The fourth-order valence-corrected chi connectivity index (χ4v) is 3.15. The van der Waals surface area contributed by atoms with E-state index < -0.39 is 17.8 Å². The standard InChI is InChI=1S/C18H14Cl2FN3O3S/c1-10(26-15-7-6-11(19)8-12(15)20)17-23-24-18(27-17)28-9-16(25)22-14-5-3-2-4-13(14)21/h2-8,10H,9H2,1H3,(H,22,25)/t10-/m0/s1. The summed E-state index contributed by atoms with van der Waals surface area (Å²) >= 11 is 13.0. The Morgan fingerprint density at radius 1 is 1.29 bits per heavy atom. The molecule has 2 aromatic carbocycles. The summed E-state index contributed by atoms with van der Waals surface area (Å²) in [5.41, 5.74) is 0.112. The second kappa shape index (κ2) is 9.27. The van der Waals surface area contributed by atoms with Crippen LogP contribution in [0.1, 0.15) is 18.9 Å². The molecule has 0 bridgehead atoms. The Morgan fingerprint density at radius 2 is 2.07 bits per heavy atom. The minimum absolute atomic E-state index is 0.0196. The van der Waals surface area contributed by atoms with Gasteiger partial charge in [0, 0.05) is 5.02 Å². The second-order valence-corrected chi connectivity index (χ2v) is 7.33. The van der Waals surface area contributed by atoms with Crippen LogP contribution in [0.25, 0.3) is 0 Å². The quantitative estimate of drug-likeness (QED) is 0.495. The van der Waals surface area contributed by atoms with Crippen molar-refractivity contribution >= 4 is 46.6 Å². The smallest absolute Gasteiger partial charge is 0.277 e. The summed E-state index contributed by atoms with van der Waals surface area (Å²) in [5.74, 6) is -0.271. The normalized spacial score (nSPS) is 11.9. The van der Waals surface area contributed by atoms with Gasteiger partial charge < -0.3 is 14.5 Å². The zero-order valence-corrected chi connectivity index (χ0v) is 16.8. The number of amides is 1. The highest BCUT2D eigenvalue weighted by molar-refractivity contribution is 7.99. The third-order valence-electron chi connectivity index (χ3n) is 3.44. The molecule has 0 aliphatic heterocycles. The van der Waals surface area contributed by atoms with Gasteiger partial charge in [-0.05, 0) is 37.3 Å². The Bertz CT molecular complexity index is 986. The summed E-state index contributed by atoms with van der Waals surface area (Å²) in [5, 5.41) is 11.3. The molecule has 0 aliphatic carbocycles. The number of para-hydroxylation sites is 1. The molecule has 0 unspecified atom stereocenters. The van der Waals surface area contributed by atoms with Gasteiger partial charge in [-0.3, -0.25) is 4.79 Å². The number of carbonyl (C=O) groups excluding carboxylic acids is 1. The van der Waals surface area contributed by atoms with Crippen molar-refractivity contribution < 1.29 is 18.3 Å². The topological polar surface area (TPSA) is 77.2 Å². The Morgan fingerprint density at radius 3 is 2.82 bits per heavy atom. The number of rotatable bonds is 7. The number of hydrogen-bond acceptors (Lipinski definition) is 6. The molecule has 10 heteroatoms. The number of carbonyl (C=O) groups is 1. The molecule has 0 spiro atoms. The molecule has 0 fully saturated rings. The van der Waals surface area contributed by atoms with E-state index in [0.717, 1.165) is 11.8 Å². The Balaban J connectivity index is 1.54. The molecular formula is C18H14Cl2FN3O3S. The lowest BCUT2D eigenvalue weighted by Crippen LogP contribution is -2.14. The first-order chi connectivity index (χ1) is 13.4. The van der Waals surface area contributed by atoms with Crippen LogP contribution >= 0.6 is 35.0 Å². The van der Waals surface area contributed by atoms with Crippen LogP contribution in [0.3, 0.4) is 0 Å². The molecule has 1 atom stereocenters. The third-order valence-corrected chi connectivity index (χ3v) is 4.79. The zero-order chi connectivity index (χ0) is 20.1. The molecule has 0 radical (unpaired) electrons. The van der Waals surface area contributed by atoms with Crippen molar-refractivity contribution in [3.8, 4) is 5.75 Å². The Labute approximate surface area is 174 Å². The number of benzene rings is 2. The fourth-order valence-electron chi connectivity index (χ4n) is 2.13. The van der Waals surface area contributed by atoms with E-state index in [1.165, 1.54) is 12.1 Å². The fraction of sp³-hybridized carbons (Fsp3) is 0.167. The number of nitrogens with one attached hydrogen (secondary N) is 1. The SMILES string of the molecule is C[C@H](Oc1ccc(Cl)cc1Cl)c1nnc(SCC(=O)Nc2ccccc2F)o1. The number of ether oxygens (including phenoxy) is 1. The van der Waals surface area contributed by atoms with E-state index in [2.05, 4.69) is 15.5 Å². The molecule has 3 rings (SSSR count). The highest BCUT2D eigenvalue weighted by atomic mass is 35.5. The number of halogens is 3. The van der Waals surface area contributed by atoms with Gasteiger partial charge in [-0.15, -0.1) is 10.2 Å². The average Bonchev–Trinajstić information content (AvgIpc) is 3.13. The molecule has 0 saturated heterocycles. The van der Waals surface area contributed by atoms with Gasteiger partial charge in [-0.25, -0.2) is 4.39 Å². The van der Waals surface area contributed by atoms with Crippen molar-refractivity contribution in [1.29, 1.82) is 0 Å². The van der Waals surface area contributed by atoms with E-state index in [4.69, 9.17) is 32.4 Å². The predicted octanol–water partition coefficient (Wildman–Crippen LogP) is 5.39. The first kappa shape index (κ1) is 20.4. The lowest BCUT2D eigenvalue weighted by Gasteiger charge is -2.12. The van der Waals surface area contributed by atoms with E-state index in [-0.39, 0.29) is 22.6 Å². The van der Waals surface area contributed by atoms with Gasteiger partial charge in [-0.2, -0.15) is 0 Å². The van der Waals surface area contributed by atoms with E-state index >= 15 is 0 Å². The molecule has 0 aliphatic rings. The van der Waals surface area contributed by atoms with E-state index in [0.29, 0.717) is 15.8 Å². The lowest BCUT2D eigenvalue weighted by atomic mass is 10.3. The second-order valence-electron chi connectivity index (χ2n) is 5.56.